The second-order valence-corrected chi connectivity index (χ2v) is 6.12. The van der Waals surface area contributed by atoms with Crippen molar-refractivity contribution >= 4 is 0 Å². The van der Waals surface area contributed by atoms with Gasteiger partial charge in [0.2, 0.25) is 0 Å². The van der Waals surface area contributed by atoms with Crippen LogP contribution in [0.25, 0.3) is 0 Å². The Morgan fingerprint density at radius 3 is 2.73 bits per heavy atom. The van der Waals surface area contributed by atoms with E-state index >= 15 is 0 Å². The molecular weight excluding hydrogens is 180 g/mol. The Labute approximate surface area is 94.5 Å². The molecule has 0 bridgehead atoms. The summed E-state index contributed by atoms with van der Waals surface area (Å²) in [5.41, 5.74) is 3.65. The minimum absolute atomic E-state index is 0.591. The minimum atomic E-state index is 0.591. The lowest BCUT2D eigenvalue weighted by Gasteiger charge is -2.07. The molecule has 2 rings (SSSR count). The van der Waals surface area contributed by atoms with Crippen LogP contribution in [0.1, 0.15) is 52.9 Å². The van der Waals surface area contributed by atoms with E-state index in [0.29, 0.717) is 5.41 Å². The van der Waals surface area contributed by atoms with Crippen LogP contribution in [0, 0.1) is 17.3 Å². The second kappa shape index (κ2) is 3.81. The van der Waals surface area contributed by atoms with Crippen molar-refractivity contribution in [3.05, 3.63) is 23.8 Å². The van der Waals surface area contributed by atoms with Crippen LogP contribution in [0.15, 0.2) is 23.8 Å². The van der Waals surface area contributed by atoms with Crippen molar-refractivity contribution in [2.45, 2.75) is 52.9 Å². The molecule has 0 N–H and O–H groups in total. The van der Waals surface area contributed by atoms with Gasteiger partial charge >= 0.3 is 0 Å². The number of hydrogen-bond donors (Lipinski definition) is 0. The molecule has 0 aromatic rings. The van der Waals surface area contributed by atoms with Crippen LogP contribution in [0.3, 0.4) is 0 Å². The van der Waals surface area contributed by atoms with Crippen LogP contribution in [-0.4, -0.2) is 0 Å². The zero-order valence-corrected chi connectivity index (χ0v) is 10.5. The summed E-state index contributed by atoms with van der Waals surface area (Å²) in [7, 11) is 0. The molecule has 2 atom stereocenters. The van der Waals surface area contributed by atoms with Crippen molar-refractivity contribution < 1.29 is 0 Å². The van der Waals surface area contributed by atoms with Crippen LogP contribution in [-0.2, 0) is 0 Å². The minimum Gasteiger partial charge on any atom is -0.0998 e. The van der Waals surface area contributed by atoms with Gasteiger partial charge in [-0.25, -0.2) is 0 Å². The van der Waals surface area contributed by atoms with Crippen molar-refractivity contribution in [3.8, 4) is 0 Å². The van der Waals surface area contributed by atoms with E-state index in [2.05, 4.69) is 33.4 Å². The summed E-state index contributed by atoms with van der Waals surface area (Å²) in [6.07, 6.45) is 8.83. The molecule has 0 radical (unpaired) electrons. The first-order valence-corrected chi connectivity index (χ1v) is 6.34. The Morgan fingerprint density at radius 2 is 2.00 bits per heavy atom. The summed E-state index contributed by atoms with van der Waals surface area (Å²) in [5, 5.41) is 0. The normalized spacial score (nSPS) is 35.4. The maximum absolute atomic E-state index is 4.23. The SMILES string of the molecule is C=C1CCC=C(C)CCC2C(C1)C2(C)C. The monoisotopic (exact) mass is 204 g/mol. The molecule has 2 aliphatic carbocycles. The molecule has 0 amide bonds. The fourth-order valence-electron chi connectivity index (χ4n) is 3.26. The van der Waals surface area contributed by atoms with Gasteiger partial charge < -0.3 is 0 Å². The van der Waals surface area contributed by atoms with Gasteiger partial charge in [0.15, 0.2) is 0 Å². The molecule has 0 aromatic carbocycles. The first kappa shape index (κ1) is 11.0. The Kier molecular flexibility index (Phi) is 2.79. The van der Waals surface area contributed by atoms with Gasteiger partial charge in [-0.1, -0.05) is 37.6 Å². The first-order chi connectivity index (χ1) is 7.01. The standard InChI is InChI=1S/C15H24/c1-11-6-5-7-12(2)10-14-13(9-8-11)15(14,3)4/h6,13-14H,2,5,7-10H2,1,3-4H3. The maximum Gasteiger partial charge on any atom is -0.0286 e. The molecule has 84 valence electrons. The van der Waals surface area contributed by atoms with Gasteiger partial charge in [0, 0.05) is 0 Å². The lowest BCUT2D eigenvalue weighted by atomic mass is 9.98. The quantitative estimate of drug-likeness (QED) is 0.501. The summed E-state index contributed by atoms with van der Waals surface area (Å²) in [4.78, 5) is 0. The van der Waals surface area contributed by atoms with Crippen molar-refractivity contribution in [3.63, 3.8) is 0 Å². The largest absolute Gasteiger partial charge is 0.0998 e. The Bertz CT molecular complexity index is 293. The van der Waals surface area contributed by atoms with E-state index in [4.69, 9.17) is 0 Å². The maximum atomic E-state index is 4.23. The Hall–Kier alpha value is -0.520. The van der Waals surface area contributed by atoms with Gasteiger partial charge in [0.25, 0.3) is 0 Å². The molecule has 0 aliphatic heterocycles. The fourth-order valence-corrected chi connectivity index (χ4v) is 3.26. The van der Waals surface area contributed by atoms with E-state index in [1.807, 2.05) is 0 Å². The molecule has 15 heavy (non-hydrogen) atoms. The summed E-state index contributed by atoms with van der Waals surface area (Å²) in [6, 6.07) is 0. The van der Waals surface area contributed by atoms with E-state index in [1.54, 1.807) is 5.57 Å². The van der Waals surface area contributed by atoms with Crippen molar-refractivity contribution in [1.82, 2.24) is 0 Å². The molecule has 1 fully saturated rings. The highest BCUT2D eigenvalue weighted by atomic mass is 14.6. The van der Waals surface area contributed by atoms with Crippen LogP contribution < -0.4 is 0 Å². The molecule has 0 aromatic heterocycles. The van der Waals surface area contributed by atoms with E-state index in [9.17, 15) is 0 Å². The molecule has 0 heterocycles. The van der Waals surface area contributed by atoms with Crippen molar-refractivity contribution in [1.29, 1.82) is 0 Å². The zero-order chi connectivity index (χ0) is 11.1. The van der Waals surface area contributed by atoms with Crippen LogP contribution >= 0.6 is 0 Å². The number of rotatable bonds is 0. The Balaban J connectivity index is 2.07. The topological polar surface area (TPSA) is 0 Å². The Morgan fingerprint density at radius 1 is 1.27 bits per heavy atom. The molecule has 2 unspecified atom stereocenters. The molecule has 1 saturated carbocycles. The molecule has 0 spiro atoms. The van der Waals surface area contributed by atoms with Gasteiger partial charge in [0.1, 0.15) is 0 Å². The van der Waals surface area contributed by atoms with Gasteiger partial charge in [-0.15, -0.1) is 0 Å². The van der Waals surface area contributed by atoms with Crippen LogP contribution in [0.5, 0.6) is 0 Å². The molecular formula is C15H24. The first-order valence-electron chi connectivity index (χ1n) is 6.34. The van der Waals surface area contributed by atoms with E-state index in [-0.39, 0.29) is 0 Å². The smallest absolute Gasteiger partial charge is 0.0286 e. The third-order valence-corrected chi connectivity index (χ3v) is 4.64. The van der Waals surface area contributed by atoms with E-state index in [0.717, 1.165) is 11.8 Å². The molecule has 0 heteroatoms. The summed E-state index contributed by atoms with van der Waals surface area (Å²) < 4.78 is 0. The van der Waals surface area contributed by atoms with Gasteiger partial charge in [0.05, 0.1) is 0 Å². The highest BCUT2D eigenvalue weighted by molar-refractivity contribution is 5.14. The lowest BCUT2D eigenvalue weighted by Crippen LogP contribution is -1.92. The number of allylic oxidation sites excluding steroid dienone is 3. The van der Waals surface area contributed by atoms with E-state index in [1.165, 1.54) is 37.7 Å². The fraction of sp³-hybridized carbons (Fsp3) is 0.733. The summed E-state index contributed by atoms with van der Waals surface area (Å²) >= 11 is 0. The predicted molar refractivity (Wildman–Crippen MR) is 66.7 cm³/mol. The van der Waals surface area contributed by atoms with Gasteiger partial charge in [-0.2, -0.15) is 0 Å². The molecule has 0 saturated heterocycles. The van der Waals surface area contributed by atoms with Crippen molar-refractivity contribution in [2.75, 3.05) is 0 Å². The average molecular weight is 204 g/mol. The third-order valence-electron chi connectivity index (χ3n) is 4.64. The highest BCUT2D eigenvalue weighted by Crippen LogP contribution is 2.63. The molecule has 2 aliphatic rings. The third kappa shape index (κ3) is 2.19. The average Bonchev–Trinajstić information content (AvgIpc) is 2.65. The van der Waals surface area contributed by atoms with Gasteiger partial charge in [-0.3, -0.25) is 0 Å². The summed E-state index contributed by atoms with van der Waals surface area (Å²) in [5.74, 6) is 1.88. The predicted octanol–water partition coefficient (Wildman–Crippen LogP) is 4.73. The molecule has 0 nitrogen and oxygen atoms in total. The van der Waals surface area contributed by atoms with Crippen LogP contribution in [0.2, 0.25) is 0 Å². The van der Waals surface area contributed by atoms with Crippen LogP contribution in [0.4, 0.5) is 0 Å². The lowest BCUT2D eigenvalue weighted by molar-refractivity contribution is 0.520. The van der Waals surface area contributed by atoms with Gasteiger partial charge in [-0.05, 0) is 56.3 Å². The van der Waals surface area contributed by atoms with Crippen molar-refractivity contribution in [2.24, 2.45) is 17.3 Å². The number of hydrogen-bond acceptors (Lipinski definition) is 0. The van der Waals surface area contributed by atoms with E-state index < -0.39 is 0 Å². The number of fused-ring (bicyclic) bond motifs is 1. The summed E-state index contributed by atoms with van der Waals surface area (Å²) in [6.45, 7) is 11.4. The second-order valence-electron chi connectivity index (χ2n) is 6.12. The highest BCUT2D eigenvalue weighted by Gasteiger charge is 2.56. The zero-order valence-electron chi connectivity index (χ0n) is 10.5.